The van der Waals surface area contributed by atoms with Crippen LogP contribution in [0.4, 0.5) is 0 Å². The van der Waals surface area contributed by atoms with Gasteiger partial charge in [-0.25, -0.2) is 4.79 Å². The Hall–Kier alpha value is -1.36. The average molecular weight is 169 g/mol. The Morgan fingerprint density at radius 2 is 2.50 bits per heavy atom. The number of nitrogens with one attached hydrogen (secondary N) is 2. The van der Waals surface area contributed by atoms with Crippen molar-refractivity contribution in [2.45, 2.75) is 6.54 Å². The monoisotopic (exact) mass is 169 g/mol. The Morgan fingerprint density at radius 3 is 3.08 bits per heavy atom. The summed E-state index contributed by atoms with van der Waals surface area (Å²) in [6.07, 6.45) is 0. The zero-order valence-corrected chi connectivity index (χ0v) is 7.05. The third kappa shape index (κ3) is 2.06. The molecule has 0 amide bonds. The Morgan fingerprint density at radius 1 is 1.75 bits per heavy atom. The zero-order valence-electron chi connectivity index (χ0n) is 7.05. The first-order valence-corrected chi connectivity index (χ1v) is 3.55. The number of aromatic nitrogens is 2. The smallest absolute Gasteiger partial charge is 0.348 e. The van der Waals surface area contributed by atoms with Gasteiger partial charge in [0.05, 0.1) is 7.11 Å². The molecule has 0 atom stereocenters. The molecule has 1 aromatic heterocycles. The second kappa shape index (κ2) is 3.87. The van der Waals surface area contributed by atoms with Crippen molar-refractivity contribution in [1.29, 1.82) is 0 Å². The Labute approximate surface area is 69.8 Å². The summed E-state index contributed by atoms with van der Waals surface area (Å²) in [5.74, 6) is 0.337. The van der Waals surface area contributed by atoms with Gasteiger partial charge < -0.3 is 15.0 Å². The first-order valence-electron chi connectivity index (χ1n) is 3.55. The summed E-state index contributed by atoms with van der Waals surface area (Å²) >= 11 is 0. The largest absolute Gasteiger partial charge is 0.481 e. The van der Waals surface area contributed by atoms with Crippen molar-refractivity contribution >= 4 is 0 Å². The van der Waals surface area contributed by atoms with Crippen LogP contribution < -0.4 is 15.7 Å². The molecule has 0 fully saturated rings. The van der Waals surface area contributed by atoms with E-state index in [1.807, 2.05) is 0 Å². The van der Waals surface area contributed by atoms with Crippen LogP contribution in [0.25, 0.3) is 0 Å². The van der Waals surface area contributed by atoms with Crippen LogP contribution in [0.3, 0.4) is 0 Å². The predicted molar refractivity (Wildman–Crippen MR) is 44.2 cm³/mol. The predicted octanol–water partition coefficient (Wildman–Crippen LogP) is -0.502. The number of ether oxygens (including phenoxy) is 1. The third-order valence-corrected chi connectivity index (χ3v) is 1.35. The van der Waals surface area contributed by atoms with E-state index in [-0.39, 0.29) is 5.69 Å². The molecule has 1 heterocycles. The minimum Gasteiger partial charge on any atom is -0.481 e. The second-order valence-corrected chi connectivity index (χ2v) is 2.28. The molecule has 12 heavy (non-hydrogen) atoms. The normalized spacial score (nSPS) is 9.83. The maximum Gasteiger partial charge on any atom is 0.348 e. The van der Waals surface area contributed by atoms with Crippen LogP contribution in [0.15, 0.2) is 10.9 Å². The fourth-order valence-corrected chi connectivity index (χ4v) is 0.873. The second-order valence-electron chi connectivity index (χ2n) is 2.28. The molecule has 2 N–H and O–H groups in total. The fraction of sp³-hybridized carbons (Fsp3) is 0.429. The molecule has 5 nitrogen and oxygen atoms in total. The zero-order chi connectivity index (χ0) is 8.97. The highest BCUT2D eigenvalue weighted by Crippen LogP contribution is 2.02. The lowest BCUT2D eigenvalue weighted by Gasteiger charge is -2.01. The van der Waals surface area contributed by atoms with E-state index in [2.05, 4.69) is 15.3 Å². The van der Waals surface area contributed by atoms with Gasteiger partial charge in [-0.15, -0.1) is 0 Å². The molecule has 0 unspecified atom stereocenters. The van der Waals surface area contributed by atoms with Crippen LogP contribution in [0, 0.1) is 0 Å². The van der Waals surface area contributed by atoms with Gasteiger partial charge in [-0.05, 0) is 7.05 Å². The van der Waals surface area contributed by atoms with Gasteiger partial charge in [0.25, 0.3) is 0 Å². The van der Waals surface area contributed by atoms with Crippen molar-refractivity contribution in [2.75, 3.05) is 14.2 Å². The summed E-state index contributed by atoms with van der Waals surface area (Å²) in [6, 6.07) is 1.68. The topological polar surface area (TPSA) is 67.0 Å². The molecule has 0 spiro atoms. The minimum atomic E-state index is -0.389. The van der Waals surface area contributed by atoms with Crippen LogP contribution in [-0.4, -0.2) is 24.1 Å². The highest BCUT2D eigenvalue weighted by Gasteiger charge is 1.98. The quantitative estimate of drug-likeness (QED) is 0.640. The van der Waals surface area contributed by atoms with E-state index in [9.17, 15) is 4.79 Å². The van der Waals surface area contributed by atoms with Crippen molar-refractivity contribution in [1.82, 2.24) is 15.3 Å². The molecule has 0 aliphatic heterocycles. The third-order valence-electron chi connectivity index (χ3n) is 1.35. The first kappa shape index (κ1) is 8.73. The summed E-state index contributed by atoms with van der Waals surface area (Å²) in [4.78, 5) is 17.0. The highest BCUT2D eigenvalue weighted by atomic mass is 16.5. The molecule has 5 heteroatoms. The maximum atomic E-state index is 10.9. The van der Waals surface area contributed by atoms with Gasteiger partial charge in [0.2, 0.25) is 5.88 Å². The summed E-state index contributed by atoms with van der Waals surface area (Å²) < 4.78 is 4.82. The van der Waals surface area contributed by atoms with E-state index >= 15 is 0 Å². The number of aromatic amines is 1. The number of methoxy groups -OCH3 is 1. The van der Waals surface area contributed by atoms with Crippen molar-refractivity contribution in [3.05, 3.63) is 22.2 Å². The van der Waals surface area contributed by atoms with Crippen molar-refractivity contribution in [3.8, 4) is 5.88 Å². The SMILES string of the molecule is CNCc1cc(OC)nc(=O)[nH]1. The van der Waals surface area contributed by atoms with Gasteiger partial charge in [0.15, 0.2) is 0 Å². The van der Waals surface area contributed by atoms with Gasteiger partial charge in [0.1, 0.15) is 0 Å². The molecule has 1 rings (SSSR count). The summed E-state index contributed by atoms with van der Waals surface area (Å²) in [7, 11) is 3.27. The van der Waals surface area contributed by atoms with Crippen molar-refractivity contribution in [2.24, 2.45) is 0 Å². The van der Waals surface area contributed by atoms with Crippen LogP contribution in [0.1, 0.15) is 5.69 Å². The average Bonchev–Trinajstić information content (AvgIpc) is 2.04. The maximum absolute atomic E-state index is 10.9. The molecule has 66 valence electrons. The standard InChI is InChI=1S/C7H11N3O2/c1-8-4-5-3-6(12-2)10-7(11)9-5/h3,8H,4H2,1-2H3,(H,9,10,11). The molecule has 0 saturated heterocycles. The molecule has 0 radical (unpaired) electrons. The van der Waals surface area contributed by atoms with Crippen LogP contribution >= 0.6 is 0 Å². The molecule has 0 saturated carbocycles. The Kier molecular flexibility index (Phi) is 2.82. The van der Waals surface area contributed by atoms with E-state index in [1.165, 1.54) is 7.11 Å². The number of hydrogen-bond acceptors (Lipinski definition) is 4. The summed E-state index contributed by atoms with van der Waals surface area (Å²) in [5.41, 5.74) is 0.369. The van der Waals surface area contributed by atoms with E-state index in [0.29, 0.717) is 12.4 Å². The minimum absolute atomic E-state index is 0.337. The molecule has 0 aliphatic carbocycles. The van der Waals surface area contributed by atoms with Crippen molar-refractivity contribution in [3.63, 3.8) is 0 Å². The summed E-state index contributed by atoms with van der Waals surface area (Å²) in [6.45, 7) is 0.591. The van der Waals surface area contributed by atoms with E-state index in [4.69, 9.17) is 4.74 Å². The molecular formula is C7H11N3O2. The van der Waals surface area contributed by atoms with Crippen molar-refractivity contribution < 1.29 is 4.74 Å². The van der Waals surface area contributed by atoms with Gasteiger partial charge in [-0.3, -0.25) is 0 Å². The Bertz CT molecular complexity index is 308. The van der Waals surface area contributed by atoms with E-state index in [1.54, 1.807) is 13.1 Å². The number of H-pyrrole nitrogens is 1. The fourth-order valence-electron chi connectivity index (χ4n) is 0.873. The van der Waals surface area contributed by atoms with Gasteiger partial charge in [0, 0.05) is 18.3 Å². The van der Waals surface area contributed by atoms with Gasteiger partial charge in [-0.2, -0.15) is 4.98 Å². The summed E-state index contributed by atoms with van der Waals surface area (Å²) in [5, 5.41) is 2.91. The lowest BCUT2D eigenvalue weighted by Crippen LogP contribution is -2.17. The van der Waals surface area contributed by atoms with Gasteiger partial charge in [-0.1, -0.05) is 0 Å². The highest BCUT2D eigenvalue weighted by molar-refractivity contribution is 5.12. The number of hydrogen-bond donors (Lipinski definition) is 2. The molecule has 1 aromatic rings. The lowest BCUT2D eigenvalue weighted by atomic mass is 10.4. The van der Waals surface area contributed by atoms with Crippen LogP contribution in [0.2, 0.25) is 0 Å². The number of nitrogens with zero attached hydrogens (tertiary/aromatic N) is 1. The van der Waals surface area contributed by atoms with Crippen LogP contribution in [0.5, 0.6) is 5.88 Å². The van der Waals surface area contributed by atoms with E-state index in [0.717, 1.165) is 5.69 Å². The number of rotatable bonds is 3. The first-order chi connectivity index (χ1) is 5.76. The molecular weight excluding hydrogens is 158 g/mol. The van der Waals surface area contributed by atoms with Crippen LogP contribution in [-0.2, 0) is 6.54 Å². The molecule has 0 aromatic carbocycles. The van der Waals surface area contributed by atoms with E-state index < -0.39 is 0 Å². The molecule has 0 bridgehead atoms. The molecule has 0 aliphatic rings. The lowest BCUT2D eigenvalue weighted by molar-refractivity contribution is 0.394. The van der Waals surface area contributed by atoms with Gasteiger partial charge >= 0.3 is 5.69 Å². The Balaban J connectivity index is 2.98.